The number of amides is 1. The summed E-state index contributed by atoms with van der Waals surface area (Å²) in [5, 5.41) is 2.70. The second-order valence-electron chi connectivity index (χ2n) is 5.66. The van der Waals surface area contributed by atoms with Crippen molar-refractivity contribution in [1.82, 2.24) is 14.9 Å². The van der Waals surface area contributed by atoms with Crippen LogP contribution in [0.25, 0.3) is 5.69 Å². The molecule has 1 heterocycles. The Morgan fingerprint density at radius 1 is 1.12 bits per heavy atom. The monoisotopic (exact) mass is 377 g/mol. The quantitative estimate of drug-likeness (QED) is 0.661. The maximum atomic E-state index is 13.4. The van der Waals surface area contributed by atoms with Crippen molar-refractivity contribution in [3.8, 4) is 5.69 Å². The van der Waals surface area contributed by atoms with E-state index in [1.165, 1.54) is 41.1 Å². The molecule has 3 aromatic rings. The number of nitrogens with one attached hydrogen (secondary N) is 2. The molecule has 0 spiro atoms. The van der Waals surface area contributed by atoms with Gasteiger partial charge in [-0.1, -0.05) is 6.07 Å². The van der Waals surface area contributed by atoms with Crippen LogP contribution in [0.5, 0.6) is 0 Å². The number of halogens is 3. The molecule has 0 aliphatic carbocycles. The van der Waals surface area contributed by atoms with Gasteiger partial charge in [0.2, 0.25) is 0 Å². The van der Waals surface area contributed by atoms with Crippen LogP contribution in [0, 0.1) is 22.2 Å². The lowest BCUT2D eigenvalue weighted by Crippen LogP contribution is -2.28. The van der Waals surface area contributed by atoms with Crippen molar-refractivity contribution in [2.75, 3.05) is 0 Å². The van der Waals surface area contributed by atoms with E-state index in [9.17, 15) is 18.0 Å². The molecule has 0 aliphatic heterocycles. The maximum Gasteiger partial charge on any atom is 0.270 e. The lowest BCUT2D eigenvalue weighted by atomic mass is 10.1. The number of benzene rings is 2. The minimum absolute atomic E-state index is 0.205. The van der Waals surface area contributed by atoms with Crippen molar-refractivity contribution >= 4 is 18.1 Å². The molecule has 2 N–H and O–H groups in total. The molecule has 1 amide bonds. The van der Waals surface area contributed by atoms with E-state index >= 15 is 0 Å². The van der Waals surface area contributed by atoms with Crippen LogP contribution in [-0.4, -0.2) is 15.5 Å². The fourth-order valence-corrected chi connectivity index (χ4v) is 2.78. The van der Waals surface area contributed by atoms with Gasteiger partial charge in [0.1, 0.15) is 11.5 Å². The van der Waals surface area contributed by atoms with Crippen LogP contribution in [0.15, 0.2) is 48.7 Å². The number of hydrogen-bond acceptors (Lipinski definition) is 2. The van der Waals surface area contributed by atoms with Gasteiger partial charge in [0.25, 0.3) is 5.91 Å². The molecule has 2 aromatic carbocycles. The van der Waals surface area contributed by atoms with Gasteiger partial charge in [-0.25, -0.2) is 13.2 Å². The van der Waals surface area contributed by atoms with Crippen molar-refractivity contribution in [2.24, 2.45) is 0 Å². The van der Waals surface area contributed by atoms with Crippen molar-refractivity contribution in [3.63, 3.8) is 0 Å². The zero-order valence-corrected chi connectivity index (χ0v) is 14.4. The van der Waals surface area contributed by atoms with Gasteiger partial charge in [-0.2, -0.15) is 0 Å². The number of aromatic nitrogens is 2. The molecule has 1 unspecified atom stereocenters. The number of carbonyl (C=O) groups is 1. The highest BCUT2D eigenvalue weighted by Gasteiger charge is 2.18. The van der Waals surface area contributed by atoms with E-state index < -0.39 is 29.4 Å². The van der Waals surface area contributed by atoms with Gasteiger partial charge >= 0.3 is 0 Å². The van der Waals surface area contributed by atoms with Gasteiger partial charge in [-0.05, 0) is 61.1 Å². The second-order valence-corrected chi connectivity index (χ2v) is 6.05. The molecular formula is C18H14F3N3OS. The number of hydrogen-bond donors (Lipinski definition) is 2. The van der Waals surface area contributed by atoms with Gasteiger partial charge in [-0.3, -0.25) is 9.36 Å². The molecule has 0 radical (unpaired) electrons. The van der Waals surface area contributed by atoms with E-state index in [0.29, 0.717) is 11.3 Å². The summed E-state index contributed by atoms with van der Waals surface area (Å²) < 4.78 is 41.3. The number of imidazole rings is 1. The summed E-state index contributed by atoms with van der Waals surface area (Å²) in [6.45, 7) is 1.65. The Bertz CT molecular complexity index is 1010. The third-order valence-corrected chi connectivity index (χ3v) is 4.19. The minimum atomic E-state index is -0.987. The van der Waals surface area contributed by atoms with Gasteiger partial charge in [0.05, 0.1) is 6.04 Å². The molecule has 0 saturated carbocycles. The van der Waals surface area contributed by atoms with E-state index in [0.717, 1.165) is 12.1 Å². The van der Waals surface area contributed by atoms with Gasteiger partial charge in [-0.15, -0.1) is 0 Å². The van der Waals surface area contributed by atoms with E-state index in [1.54, 1.807) is 6.92 Å². The molecule has 1 atom stereocenters. The van der Waals surface area contributed by atoms with Crippen LogP contribution in [0.2, 0.25) is 0 Å². The maximum absolute atomic E-state index is 13.4. The summed E-state index contributed by atoms with van der Waals surface area (Å²) in [5.41, 5.74) is 1.14. The Labute approximate surface area is 152 Å². The second kappa shape index (κ2) is 7.17. The first-order chi connectivity index (χ1) is 12.4. The predicted molar refractivity (Wildman–Crippen MR) is 93.2 cm³/mol. The fourth-order valence-electron chi connectivity index (χ4n) is 2.52. The predicted octanol–water partition coefficient (Wildman–Crippen LogP) is 4.44. The number of H-pyrrole nitrogens is 1. The highest BCUT2D eigenvalue weighted by atomic mass is 32.1. The van der Waals surface area contributed by atoms with Crippen LogP contribution in [-0.2, 0) is 0 Å². The Hall–Kier alpha value is -2.87. The average molecular weight is 377 g/mol. The Balaban J connectivity index is 1.87. The van der Waals surface area contributed by atoms with Gasteiger partial charge in [0, 0.05) is 11.9 Å². The van der Waals surface area contributed by atoms with Crippen molar-refractivity contribution in [2.45, 2.75) is 13.0 Å². The van der Waals surface area contributed by atoms with Gasteiger partial charge in [0.15, 0.2) is 16.4 Å². The molecule has 0 saturated heterocycles. The van der Waals surface area contributed by atoms with Crippen LogP contribution >= 0.6 is 12.2 Å². The third-order valence-electron chi connectivity index (χ3n) is 3.89. The zero-order chi connectivity index (χ0) is 18.8. The number of nitrogens with zero attached hydrogens (tertiary/aromatic N) is 1. The first-order valence-electron chi connectivity index (χ1n) is 7.69. The molecule has 0 bridgehead atoms. The molecule has 1 aromatic heterocycles. The first-order valence-corrected chi connectivity index (χ1v) is 8.10. The summed E-state index contributed by atoms with van der Waals surface area (Å²) in [6.07, 6.45) is 1.43. The fraction of sp³-hybridized carbons (Fsp3) is 0.111. The Morgan fingerprint density at radius 3 is 2.46 bits per heavy atom. The highest BCUT2D eigenvalue weighted by molar-refractivity contribution is 7.71. The third kappa shape index (κ3) is 3.55. The van der Waals surface area contributed by atoms with Crippen molar-refractivity contribution < 1.29 is 18.0 Å². The average Bonchev–Trinajstić information content (AvgIpc) is 2.99. The molecular weight excluding hydrogens is 363 g/mol. The van der Waals surface area contributed by atoms with Crippen molar-refractivity contribution in [1.29, 1.82) is 0 Å². The van der Waals surface area contributed by atoms with Gasteiger partial charge < -0.3 is 10.3 Å². The summed E-state index contributed by atoms with van der Waals surface area (Å²) in [4.78, 5) is 15.4. The normalized spacial score (nSPS) is 12.0. The number of carbonyl (C=O) groups excluding carboxylic acids is 1. The van der Waals surface area contributed by atoms with Crippen LogP contribution in [0.4, 0.5) is 13.2 Å². The molecule has 3 rings (SSSR count). The lowest BCUT2D eigenvalue weighted by molar-refractivity contribution is 0.0933. The van der Waals surface area contributed by atoms with Crippen LogP contribution in [0.1, 0.15) is 29.0 Å². The lowest BCUT2D eigenvalue weighted by Gasteiger charge is -2.15. The van der Waals surface area contributed by atoms with Crippen LogP contribution in [0.3, 0.4) is 0 Å². The van der Waals surface area contributed by atoms with E-state index in [2.05, 4.69) is 10.3 Å². The largest absolute Gasteiger partial charge is 0.344 e. The van der Waals surface area contributed by atoms with Crippen LogP contribution < -0.4 is 5.32 Å². The SMILES string of the molecule is CC(NC(=O)c1c[nH]c(=S)n1-c1ccc(F)cc1)c1ccc(F)c(F)c1. The van der Waals surface area contributed by atoms with E-state index in [-0.39, 0.29) is 10.5 Å². The van der Waals surface area contributed by atoms with Crippen molar-refractivity contribution in [3.05, 3.63) is 82.1 Å². The summed E-state index contributed by atoms with van der Waals surface area (Å²) in [5.74, 6) is -2.82. The highest BCUT2D eigenvalue weighted by Crippen LogP contribution is 2.18. The summed E-state index contributed by atoms with van der Waals surface area (Å²) in [7, 11) is 0. The van der Waals surface area contributed by atoms with E-state index in [1.807, 2.05) is 0 Å². The topological polar surface area (TPSA) is 49.8 Å². The molecule has 0 aliphatic rings. The number of rotatable bonds is 4. The Kier molecular flexibility index (Phi) is 4.94. The molecule has 4 nitrogen and oxygen atoms in total. The molecule has 26 heavy (non-hydrogen) atoms. The molecule has 134 valence electrons. The first kappa shape index (κ1) is 17.9. The summed E-state index contributed by atoms with van der Waals surface area (Å²) in [6, 6.07) is 8.37. The molecule has 8 heteroatoms. The smallest absolute Gasteiger partial charge is 0.270 e. The van der Waals surface area contributed by atoms with E-state index in [4.69, 9.17) is 12.2 Å². The number of aromatic amines is 1. The zero-order valence-electron chi connectivity index (χ0n) is 13.6. The Morgan fingerprint density at radius 2 is 1.81 bits per heavy atom. The molecule has 0 fully saturated rings. The summed E-state index contributed by atoms with van der Waals surface area (Å²) >= 11 is 5.19. The minimum Gasteiger partial charge on any atom is -0.344 e. The standard InChI is InChI=1S/C18H14F3N3OS/c1-10(11-2-7-14(20)15(21)8-11)23-17(25)16-9-22-18(26)24(16)13-5-3-12(19)4-6-13/h2-10H,1H3,(H,22,26)(H,23,25).